The van der Waals surface area contributed by atoms with Crippen LogP contribution in [-0.2, 0) is 4.79 Å². The first kappa shape index (κ1) is 15.8. The molecule has 1 N–H and O–H groups in total. The topological polar surface area (TPSA) is 41.6 Å². The number of rotatable bonds is 4. The number of amides is 1. The second kappa shape index (κ2) is 6.94. The summed E-state index contributed by atoms with van der Waals surface area (Å²) in [6.07, 6.45) is 2.04. The van der Waals surface area contributed by atoms with Gasteiger partial charge in [-0.05, 0) is 57.8 Å². The summed E-state index contributed by atoms with van der Waals surface area (Å²) in [6.45, 7) is 8.20. The molecule has 0 bridgehead atoms. The van der Waals surface area contributed by atoms with Gasteiger partial charge in [-0.25, -0.2) is 0 Å². The fourth-order valence-corrected chi connectivity index (χ4v) is 3.03. The molecule has 0 radical (unpaired) electrons. The van der Waals surface area contributed by atoms with Gasteiger partial charge in [0.1, 0.15) is 5.75 Å². The third-order valence-corrected chi connectivity index (χ3v) is 4.19. The lowest BCUT2D eigenvalue weighted by Crippen LogP contribution is -2.45. The summed E-state index contributed by atoms with van der Waals surface area (Å²) in [6, 6.07) is 4.51. The van der Waals surface area contributed by atoms with E-state index in [2.05, 4.69) is 24.4 Å². The standard InChI is InChI=1S/C17H26N2O2/c1-12-9-13(2)17(14(3)10-12)21-11-16(20)19(4)15-5-7-18-8-6-15/h9-10,15,18H,5-8,11H2,1-4H3. The normalized spacial score (nSPS) is 15.8. The minimum atomic E-state index is 0.0567. The van der Waals surface area contributed by atoms with E-state index < -0.39 is 0 Å². The van der Waals surface area contributed by atoms with Crippen LogP contribution in [0.2, 0.25) is 0 Å². The van der Waals surface area contributed by atoms with Gasteiger partial charge in [0.25, 0.3) is 5.91 Å². The Kier molecular flexibility index (Phi) is 5.23. The molecule has 0 spiro atoms. The Hall–Kier alpha value is -1.55. The number of nitrogens with one attached hydrogen (secondary N) is 1. The zero-order valence-corrected chi connectivity index (χ0v) is 13.5. The van der Waals surface area contributed by atoms with E-state index in [1.54, 1.807) is 0 Å². The molecule has 1 aromatic carbocycles. The Morgan fingerprint density at radius 2 is 1.81 bits per heavy atom. The molecule has 1 aromatic rings. The Morgan fingerprint density at radius 3 is 2.38 bits per heavy atom. The van der Waals surface area contributed by atoms with Crippen molar-refractivity contribution in [2.24, 2.45) is 0 Å². The van der Waals surface area contributed by atoms with E-state index in [0.717, 1.165) is 42.8 Å². The highest BCUT2D eigenvalue weighted by molar-refractivity contribution is 5.78. The van der Waals surface area contributed by atoms with Gasteiger partial charge in [-0.15, -0.1) is 0 Å². The van der Waals surface area contributed by atoms with E-state index >= 15 is 0 Å². The minimum Gasteiger partial charge on any atom is -0.483 e. The molecule has 1 amide bonds. The second-order valence-corrected chi connectivity index (χ2v) is 6.00. The van der Waals surface area contributed by atoms with E-state index in [1.165, 1.54) is 5.56 Å². The van der Waals surface area contributed by atoms with Gasteiger partial charge in [0.15, 0.2) is 6.61 Å². The number of ether oxygens (including phenoxy) is 1. The Balaban J connectivity index is 1.94. The second-order valence-electron chi connectivity index (χ2n) is 6.00. The first-order valence-electron chi connectivity index (χ1n) is 7.66. The van der Waals surface area contributed by atoms with Crippen molar-refractivity contribution in [2.75, 3.05) is 26.7 Å². The van der Waals surface area contributed by atoms with E-state index in [0.29, 0.717) is 6.04 Å². The fraction of sp³-hybridized carbons (Fsp3) is 0.588. The predicted molar refractivity (Wildman–Crippen MR) is 84.8 cm³/mol. The van der Waals surface area contributed by atoms with Crippen molar-refractivity contribution >= 4 is 5.91 Å². The minimum absolute atomic E-state index is 0.0567. The van der Waals surface area contributed by atoms with Crippen molar-refractivity contribution in [3.05, 3.63) is 28.8 Å². The van der Waals surface area contributed by atoms with Crippen LogP contribution in [0.1, 0.15) is 29.5 Å². The molecule has 0 aromatic heterocycles. The first-order valence-corrected chi connectivity index (χ1v) is 7.66. The summed E-state index contributed by atoms with van der Waals surface area (Å²) in [5, 5.41) is 3.32. The predicted octanol–water partition coefficient (Wildman–Crippen LogP) is 2.20. The van der Waals surface area contributed by atoms with E-state index in [1.807, 2.05) is 25.8 Å². The zero-order chi connectivity index (χ0) is 15.4. The molecule has 116 valence electrons. The summed E-state index contributed by atoms with van der Waals surface area (Å²) >= 11 is 0. The maximum absolute atomic E-state index is 12.3. The molecule has 0 aliphatic carbocycles. The lowest BCUT2D eigenvalue weighted by atomic mass is 10.1. The van der Waals surface area contributed by atoms with Gasteiger partial charge in [0.05, 0.1) is 0 Å². The first-order chi connectivity index (χ1) is 9.99. The van der Waals surface area contributed by atoms with Gasteiger partial charge < -0.3 is 15.0 Å². The molecule has 0 atom stereocenters. The third kappa shape index (κ3) is 3.97. The molecule has 0 unspecified atom stereocenters. The smallest absolute Gasteiger partial charge is 0.260 e. The zero-order valence-electron chi connectivity index (χ0n) is 13.5. The van der Waals surface area contributed by atoms with E-state index in [4.69, 9.17) is 4.74 Å². The van der Waals surface area contributed by atoms with Crippen LogP contribution in [0.4, 0.5) is 0 Å². The maximum Gasteiger partial charge on any atom is 0.260 e. The van der Waals surface area contributed by atoms with Gasteiger partial charge in [-0.2, -0.15) is 0 Å². The van der Waals surface area contributed by atoms with Crippen molar-refractivity contribution in [2.45, 2.75) is 39.7 Å². The van der Waals surface area contributed by atoms with Crippen LogP contribution >= 0.6 is 0 Å². The highest BCUT2D eigenvalue weighted by Gasteiger charge is 2.22. The number of hydrogen-bond donors (Lipinski definition) is 1. The highest BCUT2D eigenvalue weighted by Crippen LogP contribution is 2.24. The van der Waals surface area contributed by atoms with Crippen molar-refractivity contribution in [3.63, 3.8) is 0 Å². The molecule has 0 saturated carbocycles. The van der Waals surface area contributed by atoms with Gasteiger partial charge in [-0.3, -0.25) is 4.79 Å². The summed E-state index contributed by atoms with van der Waals surface area (Å²) in [4.78, 5) is 14.1. The quantitative estimate of drug-likeness (QED) is 0.924. The van der Waals surface area contributed by atoms with Crippen LogP contribution in [0.15, 0.2) is 12.1 Å². The van der Waals surface area contributed by atoms with E-state index in [-0.39, 0.29) is 12.5 Å². The largest absolute Gasteiger partial charge is 0.483 e. The number of nitrogens with zero attached hydrogens (tertiary/aromatic N) is 1. The lowest BCUT2D eigenvalue weighted by Gasteiger charge is -2.31. The van der Waals surface area contributed by atoms with Crippen molar-refractivity contribution in [3.8, 4) is 5.75 Å². The Morgan fingerprint density at radius 1 is 1.24 bits per heavy atom. The van der Waals surface area contributed by atoms with Crippen LogP contribution in [0.5, 0.6) is 5.75 Å². The summed E-state index contributed by atoms with van der Waals surface area (Å²) in [5.74, 6) is 0.897. The molecule has 1 saturated heterocycles. The summed E-state index contributed by atoms with van der Waals surface area (Å²) in [7, 11) is 1.89. The molecule has 1 aliphatic heterocycles. The van der Waals surface area contributed by atoms with Crippen LogP contribution in [0.3, 0.4) is 0 Å². The molecule has 4 nitrogen and oxygen atoms in total. The molecule has 4 heteroatoms. The fourth-order valence-electron chi connectivity index (χ4n) is 3.03. The lowest BCUT2D eigenvalue weighted by molar-refractivity contribution is -0.134. The average molecular weight is 290 g/mol. The number of hydrogen-bond acceptors (Lipinski definition) is 3. The van der Waals surface area contributed by atoms with Gasteiger partial charge in [0, 0.05) is 13.1 Å². The monoisotopic (exact) mass is 290 g/mol. The summed E-state index contributed by atoms with van der Waals surface area (Å²) in [5.41, 5.74) is 3.39. The molecular formula is C17H26N2O2. The molecule has 1 aliphatic rings. The van der Waals surface area contributed by atoms with Crippen molar-refractivity contribution in [1.82, 2.24) is 10.2 Å². The van der Waals surface area contributed by atoms with Crippen LogP contribution in [0, 0.1) is 20.8 Å². The van der Waals surface area contributed by atoms with Crippen molar-refractivity contribution < 1.29 is 9.53 Å². The van der Waals surface area contributed by atoms with Crippen LogP contribution < -0.4 is 10.1 Å². The average Bonchev–Trinajstić information content (AvgIpc) is 2.46. The Labute approximate surface area is 127 Å². The van der Waals surface area contributed by atoms with Gasteiger partial charge in [-0.1, -0.05) is 17.7 Å². The number of benzene rings is 1. The van der Waals surface area contributed by atoms with Crippen LogP contribution in [-0.4, -0.2) is 43.6 Å². The molecular weight excluding hydrogens is 264 g/mol. The summed E-state index contributed by atoms with van der Waals surface area (Å²) < 4.78 is 5.79. The number of aryl methyl sites for hydroxylation is 3. The number of likely N-dealkylation sites (N-methyl/N-ethyl adjacent to an activating group) is 1. The third-order valence-electron chi connectivity index (χ3n) is 4.19. The van der Waals surface area contributed by atoms with Crippen molar-refractivity contribution in [1.29, 1.82) is 0 Å². The molecule has 1 fully saturated rings. The number of carbonyl (C=O) groups excluding carboxylic acids is 1. The SMILES string of the molecule is Cc1cc(C)c(OCC(=O)N(C)C2CCNCC2)c(C)c1. The molecule has 2 rings (SSSR count). The van der Waals surface area contributed by atoms with Gasteiger partial charge in [0.2, 0.25) is 0 Å². The molecule has 1 heterocycles. The van der Waals surface area contributed by atoms with Gasteiger partial charge >= 0.3 is 0 Å². The Bertz CT molecular complexity index is 485. The molecule has 21 heavy (non-hydrogen) atoms. The maximum atomic E-state index is 12.3. The number of piperidine rings is 1. The van der Waals surface area contributed by atoms with E-state index in [9.17, 15) is 4.79 Å². The van der Waals surface area contributed by atoms with Crippen LogP contribution in [0.25, 0.3) is 0 Å². The number of carbonyl (C=O) groups is 1. The highest BCUT2D eigenvalue weighted by atomic mass is 16.5.